The Balaban J connectivity index is 2.62. The van der Waals surface area contributed by atoms with E-state index in [1.807, 2.05) is 0 Å². The van der Waals surface area contributed by atoms with Gasteiger partial charge in [0.1, 0.15) is 0 Å². The maximum absolute atomic E-state index is 11.2. The minimum atomic E-state index is -0.735. The third-order valence-electron chi connectivity index (χ3n) is 2.63. The van der Waals surface area contributed by atoms with Gasteiger partial charge in [-0.25, -0.2) is 0 Å². The number of carbonyl (C=O) groups is 2. The third kappa shape index (κ3) is 1.72. The molecule has 0 saturated carbocycles. The number of aliphatic hydroxyl groups excluding tert-OH is 1. The Morgan fingerprint density at radius 2 is 2.14 bits per heavy atom. The fourth-order valence-electron chi connectivity index (χ4n) is 1.70. The van der Waals surface area contributed by atoms with Crippen LogP contribution in [0, 0.1) is 11.8 Å². The van der Waals surface area contributed by atoms with Gasteiger partial charge in [-0.3, -0.25) is 9.59 Å². The van der Waals surface area contributed by atoms with Crippen LogP contribution < -0.4 is 5.32 Å². The molecule has 2 N–H and O–H groups in total. The van der Waals surface area contributed by atoms with Crippen molar-refractivity contribution in [1.29, 1.82) is 0 Å². The molecule has 1 fully saturated rings. The lowest BCUT2D eigenvalue weighted by molar-refractivity contribution is -0.153. The van der Waals surface area contributed by atoms with E-state index >= 15 is 0 Å². The summed E-state index contributed by atoms with van der Waals surface area (Å²) in [4.78, 5) is 22.2. The lowest BCUT2D eigenvalue weighted by Gasteiger charge is -2.40. The number of amides is 1. The van der Waals surface area contributed by atoms with Crippen molar-refractivity contribution in [2.45, 2.75) is 26.0 Å². The van der Waals surface area contributed by atoms with Crippen molar-refractivity contribution in [3.63, 3.8) is 0 Å². The molecule has 1 saturated heterocycles. The predicted molar refractivity (Wildman–Crippen MR) is 48.3 cm³/mol. The number of ether oxygens (including phenoxy) is 1. The SMILES string of the molecule is COC(=O)[C@H](C)[C@@H]1NC(=O)[C@@H]1[C@@H](C)O. The van der Waals surface area contributed by atoms with E-state index in [4.69, 9.17) is 0 Å². The van der Waals surface area contributed by atoms with Crippen LogP contribution in [-0.2, 0) is 14.3 Å². The van der Waals surface area contributed by atoms with Crippen LogP contribution in [0.1, 0.15) is 13.8 Å². The largest absolute Gasteiger partial charge is 0.469 e. The highest BCUT2D eigenvalue weighted by Crippen LogP contribution is 2.25. The summed E-state index contributed by atoms with van der Waals surface area (Å²) in [5, 5.41) is 11.9. The van der Waals surface area contributed by atoms with Crippen molar-refractivity contribution in [2.75, 3.05) is 7.11 Å². The average molecular weight is 201 g/mol. The predicted octanol–water partition coefficient (Wildman–Crippen LogP) is -0.709. The molecule has 0 bridgehead atoms. The smallest absolute Gasteiger partial charge is 0.310 e. The molecule has 1 aliphatic rings. The van der Waals surface area contributed by atoms with E-state index in [9.17, 15) is 14.7 Å². The maximum atomic E-state index is 11.2. The number of methoxy groups -OCH3 is 1. The van der Waals surface area contributed by atoms with Gasteiger partial charge in [0.15, 0.2) is 0 Å². The van der Waals surface area contributed by atoms with Crippen molar-refractivity contribution >= 4 is 11.9 Å². The normalized spacial score (nSPS) is 29.9. The Bertz CT molecular complexity index is 251. The van der Waals surface area contributed by atoms with Gasteiger partial charge in [-0.15, -0.1) is 0 Å². The van der Waals surface area contributed by atoms with Crippen LogP contribution in [0.25, 0.3) is 0 Å². The van der Waals surface area contributed by atoms with E-state index < -0.39 is 17.9 Å². The highest BCUT2D eigenvalue weighted by Gasteiger charge is 2.47. The van der Waals surface area contributed by atoms with Gasteiger partial charge in [0.05, 0.1) is 31.1 Å². The van der Waals surface area contributed by atoms with Crippen LogP contribution in [0.4, 0.5) is 0 Å². The average Bonchev–Trinajstić information content (AvgIpc) is 2.10. The van der Waals surface area contributed by atoms with Crippen molar-refractivity contribution in [2.24, 2.45) is 11.8 Å². The molecule has 1 heterocycles. The second-order valence-corrected chi connectivity index (χ2v) is 3.61. The van der Waals surface area contributed by atoms with Crippen LogP contribution in [0.5, 0.6) is 0 Å². The molecule has 4 atom stereocenters. The van der Waals surface area contributed by atoms with Gasteiger partial charge >= 0.3 is 5.97 Å². The Morgan fingerprint density at radius 1 is 1.57 bits per heavy atom. The number of rotatable bonds is 3. The molecule has 14 heavy (non-hydrogen) atoms. The van der Waals surface area contributed by atoms with Crippen LogP contribution >= 0.6 is 0 Å². The number of esters is 1. The Hall–Kier alpha value is -1.10. The molecule has 80 valence electrons. The fourth-order valence-corrected chi connectivity index (χ4v) is 1.70. The second kappa shape index (κ2) is 3.96. The number of hydrogen-bond acceptors (Lipinski definition) is 4. The Labute approximate surface area is 82.4 Å². The highest BCUT2D eigenvalue weighted by molar-refractivity contribution is 5.88. The highest BCUT2D eigenvalue weighted by atomic mass is 16.5. The molecule has 5 nitrogen and oxygen atoms in total. The number of β-lactam (4-membered cyclic amide) rings is 1. The summed E-state index contributed by atoms with van der Waals surface area (Å²) >= 11 is 0. The summed E-state index contributed by atoms with van der Waals surface area (Å²) in [5.74, 6) is -1.50. The number of carbonyl (C=O) groups excluding carboxylic acids is 2. The molecule has 1 rings (SSSR count). The van der Waals surface area contributed by atoms with E-state index in [1.54, 1.807) is 13.8 Å². The zero-order valence-corrected chi connectivity index (χ0v) is 8.48. The molecule has 0 radical (unpaired) electrons. The zero-order chi connectivity index (χ0) is 10.9. The number of aliphatic hydroxyl groups is 1. The first-order valence-corrected chi connectivity index (χ1v) is 4.55. The second-order valence-electron chi connectivity index (χ2n) is 3.61. The molecule has 1 aliphatic heterocycles. The van der Waals surface area contributed by atoms with Gasteiger partial charge in [0.2, 0.25) is 5.91 Å². The van der Waals surface area contributed by atoms with Crippen LogP contribution in [0.15, 0.2) is 0 Å². The van der Waals surface area contributed by atoms with E-state index in [1.165, 1.54) is 7.11 Å². The lowest BCUT2D eigenvalue weighted by atomic mass is 9.79. The van der Waals surface area contributed by atoms with Crippen molar-refractivity contribution in [3.8, 4) is 0 Å². The summed E-state index contributed by atoms with van der Waals surface area (Å²) in [6, 6.07) is -0.310. The first kappa shape index (κ1) is 11.0. The summed E-state index contributed by atoms with van der Waals surface area (Å²) in [6.45, 7) is 3.21. The minimum Gasteiger partial charge on any atom is -0.469 e. The lowest BCUT2D eigenvalue weighted by Crippen LogP contribution is -2.65. The molecule has 1 amide bonds. The third-order valence-corrected chi connectivity index (χ3v) is 2.63. The molecular formula is C9H15NO4. The first-order valence-electron chi connectivity index (χ1n) is 4.55. The first-order chi connectivity index (χ1) is 6.49. The topological polar surface area (TPSA) is 75.6 Å². The summed E-state index contributed by atoms with van der Waals surface area (Å²) < 4.78 is 4.56. The molecule has 0 spiro atoms. The van der Waals surface area contributed by atoms with E-state index in [-0.39, 0.29) is 17.9 Å². The van der Waals surface area contributed by atoms with Crippen LogP contribution in [0.2, 0.25) is 0 Å². The van der Waals surface area contributed by atoms with Crippen molar-refractivity contribution < 1.29 is 19.4 Å². The monoisotopic (exact) mass is 201 g/mol. The Morgan fingerprint density at radius 3 is 2.50 bits per heavy atom. The van der Waals surface area contributed by atoms with Gasteiger partial charge in [-0.2, -0.15) is 0 Å². The maximum Gasteiger partial charge on any atom is 0.310 e. The fraction of sp³-hybridized carbons (Fsp3) is 0.778. The van der Waals surface area contributed by atoms with Gasteiger partial charge < -0.3 is 15.2 Å². The molecular weight excluding hydrogens is 186 g/mol. The van der Waals surface area contributed by atoms with Gasteiger partial charge in [-0.1, -0.05) is 0 Å². The van der Waals surface area contributed by atoms with E-state index in [0.717, 1.165) is 0 Å². The zero-order valence-electron chi connectivity index (χ0n) is 8.48. The van der Waals surface area contributed by atoms with Crippen LogP contribution in [0.3, 0.4) is 0 Å². The molecule has 0 aromatic rings. The Kier molecular flexibility index (Phi) is 3.10. The van der Waals surface area contributed by atoms with Crippen LogP contribution in [-0.4, -0.2) is 36.2 Å². The molecule has 0 aromatic heterocycles. The minimum absolute atomic E-state index is 0.208. The molecule has 5 heteroatoms. The van der Waals surface area contributed by atoms with E-state index in [2.05, 4.69) is 10.1 Å². The number of nitrogens with one attached hydrogen (secondary N) is 1. The van der Waals surface area contributed by atoms with Gasteiger partial charge in [0.25, 0.3) is 0 Å². The summed E-state index contributed by atoms with van der Waals surface area (Å²) in [7, 11) is 1.30. The number of hydrogen-bond donors (Lipinski definition) is 2. The van der Waals surface area contributed by atoms with Crippen molar-refractivity contribution in [1.82, 2.24) is 5.32 Å². The van der Waals surface area contributed by atoms with Crippen molar-refractivity contribution in [3.05, 3.63) is 0 Å². The molecule has 0 aromatic carbocycles. The molecule has 0 aliphatic carbocycles. The quantitative estimate of drug-likeness (QED) is 0.467. The van der Waals surface area contributed by atoms with Gasteiger partial charge in [-0.05, 0) is 13.8 Å². The summed E-state index contributed by atoms with van der Waals surface area (Å²) in [5.41, 5.74) is 0. The van der Waals surface area contributed by atoms with E-state index in [0.29, 0.717) is 0 Å². The molecule has 0 unspecified atom stereocenters. The van der Waals surface area contributed by atoms with Gasteiger partial charge in [0, 0.05) is 0 Å². The standard InChI is InChI=1S/C9H15NO4/c1-4(9(13)14-3)7-6(5(2)11)8(12)10-7/h4-7,11H,1-3H3,(H,10,12)/t4-,5-,6-,7+/m1/s1. The summed E-state index contributed by atoms with van der Waals surface area (Å²) in [6.07, 6.45) is -0.735.